The van der Waals surface area contributed by atoms with E-state index in [4.69, 9.17) is 21.1 Å². The van der Waals surface area contributed by atoms with Gasteiger partial charge in [0.2, 0.25) is 0 Å². The average Bonchev–Trinajstić information content (AvgIpc) is 2.41. The molecule has 0 N–H and O–H groups in total. The van der Waals surface area contributed by atoms with Crippen molar-refractivity contribution in [1.29, 1.82) is 0 Å². The Labute approximate surface area is 150 Å². The van der Waals surface area contributed by atoms with Gasteiger partial charge < -0.3 is 9.47 Å². The van der Waals surface area contributed by atoms with Crippen molar-refractivity contribution in [2.24, 2.45) is 0 Å². The molecule has 0 aromatic heterocycles. The lowest BCUT2D eigenvalue weighted by atomic mass is 10.1. The quantitative estimate of drug-likeness (QED) is 0.369. The fourth-order valence-corrected chi connectivity index (χ4v) is 2.39. The van der Waals surface area contributed by atoms with Gasteiger partial charge >= 0.3 is 5.97 Å². The molecule has 0 fully saturated rings. The number of esters is 1. The minimum Gasteiger partial charge on any atom is -0.493 e. The molecule has 0 radical (unpaired) electrons. The maximum Gasteiger partial charge on any atom is 0.306 e. The van der Waals surface area contributed by atoms with Crippen LogP contribution in [0.3, 0.4) is 0 Å². The Morgan fingerprint density at radius 3 is 2.52 bits per heavy atom. The van der Waals surface area contributed by atoms with Crippen LogP contribution in [-0.4, -0.2) is 24.0 Å². The van der Waals surface area contributed by atoms with Gasteiger partial charge in [0, 0.05) is 17.0 Å². The highest BCUT2D eigenvalue weighted by molar-refractivity contribution is 9.09. The third kappa shape index (κ3) is 7.36. The molecule has 0 heterocycles. The van der Waals surface area contributed by atoms with E-state index in [-0.39, 0.29) is 18.2 Å². The third-order valence-electron chi connectivity index (χ3n) is 2.81. The lowest BCUT2D eigenvalue weighted by molar-refractivity contribution is -0.155. The zero-order chi connectivity index (χ0) is 17.6. The van der Waals surface area contributed by atoms with Gasteiger partial charge in [0.15, 0.2) is 0 Å². The van der Waals surface area contributed by atoms with Crippen molar-refractivity contribution in [2.75, 3.05) is 6.61 Å². The summed E-state index contributed by atoms with van der Waals surface area (Å²) in [5.41, 5.74) is 0.238. The van der Waals surface area contributed by atoms with Gasteiger partial charge in [0.25, 0.3) is 0 Å². The summed E-state index contributed by atoms with van der Waals surface area (Å²) in [6.07, 6.45) is 0.797. The maximum absolute atomic E-state index is 11.6. The van der Waals surface area contributed by atoms with Crippen LogP contribution < -0.4 is 4.74 Å². The molecule has 0 aliphatic heterocycles. The Morgan fingerprint density at radius 2 is 1.96 bits per heavy atom. The molecule has 6 heteroatoms. The van der Waals surface area contributed by atoms with Crippen molar-refractivity contribution in [1.82, 2.24) is 0 Å². The van der Waals surface area contributed by atoms with Gasteiger partial charge in [0.1, 0.15) is 22.0 Å². The van der Waals surface area contributed by atoms with Crippen LogP contribution in [0.4, 0.5) is 0 Å². The highest BCUT2D eigenvalue weighted by Gasteiger charge is 2.19. The Bertz CT molecular complexity index is 566. The van der Waals surface area contributed by atoms with Crippen molar-refractivity contribution in [3.8, 4) is 5.75 Å². The van der Waals surface area contributed by atoms with E-state index in [1.54, 1.807) is 18.2 Å². The number of hydrogen-bond donors (Lipinski definition) is 0. The lowest BCUT2D eigenvalue weighted by Crippen LogP contribution is -2.24. The zero-order valence-corrected chi connectivity index (χ0v) is 16.2. The van der Waals surface area contributed by atoms with Crippen LogP contribution in [0.1, 0.15) is 50.9 Å². The van der Waals surface area contributed by atoms with E-state index < -0.39 is 10.4 Å². The third-order valence-corrected chi connectivity index (χ3v) is 4.18. The summed E-state index contributed by atoms with van der Waals surface area (Å²) in [5.74, 6) is 0.263. The normalized spacial score (nSPS) is 12.6. The number of ether oxygens (including phenoxy) is 2. The largest absolute Gasteiger partial charge is 0.493 e. The van der Waals surface area contributed by atoms with Crippen molar-refractivity contribution in [3.05, 3.63) is 28.8 Å². The second kappa shape index (κ2) is 8.69. The number of ketones is 1. The highest BCUT2D eigenvalue weighted by Crippen LogP contribution is 2.34. The van der Waals surface area contributed by atoms with E-state index in [0.29, 0.717) is 23.8 Å². The van der Waals surface area contributed by atoms with Gasteiger partial charge in [-0.1, -0.05) is 33.6 Å². The molecule has 1 unspecified atom stereocenters. The molecule has 0 spiro atoms. The Balaban J connectivity index is 2.59. The summed E-state index contributed by atoms with van der Waals surface area (Å²) < 4.78 is 10.9. The van der Waals surface area contributed by atoms with Crippen LogP contribution in [0.25, 0.3) is 0 Å². The predicted molar refractivity (Wildman–Crippen MR) is 94.4 cm³/mol. The number of benzene rings is 1. The molecule has 1 rings (SSSR count). The minimum absolute atomic E-state index is 0.0223. The molecule has 1 aromatic rings. The van der Waals surface area contributed by atoms with E-state index in [1.165, 1.54) is 6.92 Å². The Kier molecular flexibility index (Phi) is 7.55. The monoisotopic (exact) mass is 404 g/mol. The molecule has 0 saturated carbocycles. The molecular weight excluding hydrogens is 384 g/mol. The molecule has 0 aliphatic carbocycles. The predicted octanol–water partition coefficient (Wildman–Crippen LogP) is 4.87. The standard InChI is InChI=1S/C17H22BrClO4/c1-11(20)16(18)13-8-7-12(19)10-14(13)22-9-5-6-15(21)23-17(2,3)4/h7-8,10,16H,5-6,9H2,1-4H3. The summed E-state index contributed by atoms with van der Waals surface area (Å²) in [6.45, 7) is 7.33. The van der Waals surface area contributed by atoms with Crippen LogP contribution >= 0.6 is 27.5 Å². The number of carbonyl (C=O) groups is 2. The topological polar surface area (TPSA) is 52.6 Å². The number of hydrogen-bond acceptors (Lipinski definition) is 4. The highest BCUT2D eigenvalue weighted by atomic mass is 79.9. The summed E-state index contributed by atoms with van der Waals surface area (Å²) in [5, 5.41) is 0.527. The number of carbonyl (C=O) groups excluding carboxylic acids is 2. The molecule has 0 bridgehead atoms. The Morgan fingerprint density at radius 1 is 1.30 bits per heavy atom. The van der Waals surface area contributed by atoms with E-state index >= 15 is 0 Å². The summed E-state index contributed by atoms with van der Waals surface area (Å²) in [4.78, 5) is 22.7. The number of alkyl halides is 1. The van der Waals surface area contributed by atoms with Crippen LogP contribution in [0.5, 0.6) is 5.75 Å². The van der Waals surface area contributed by atoms with Gasteiger partial charge in [-0.2, -0.15) is 0 Å². The lowest BCUT2D eigenvalue weighted by Gasteiger charge is -2.19. The number of rotatable bonds is 7. The smallest absolute Gasteiger partial charge is 0.306 e. The van der Waals surface area contributed by atoms with Gasteiger partial charge in [-0.25, -0.2) is 0 Å². The molecular formula is C17H22BrClO4. The van der Waals surface area contributed by atoms with Gasteiger partial charge in [-0.05, 0) is 46.2 Å². The van der Waals surface area contributed by atoms with Gasteiger partial charge in [-0.15, -0.1) is 0 Å². The summed E-state index contributed by atoms with van der Waals surface area (Å²) >= 11 is 9.33. The van der Waals surface area contributed by atoms with E-state index in [2.05, 4.69) is 15.9 Å². The van der Waals surface area contributed by atoms with Crippen molar-refractivity contribution >= 4 is 39.3 Å². The fraction of sp³-hybridized carbons (Fsp3) is 0.529. The molecule has 1 aromatic carbocycles. The van der Waals surface area contributed by atoms with Crippen LogP contribution in [0, 0.1) is 0 Å². The summed E-state index contributed by atoms with van der Waals surface area (Å²) in [7, 11) is 0. The van der Waals surface area contributed by atoms with Crippen LogP contribution in [0.15, 0.2) is 18.2 Å². The van der Waals surface area contributed by atoms with E-state index in [9.17, 15) is 9.59 Å². The molecule has 4 nitrogen and oxygen atoms in total. The first-order valence-electron chi connectivity index (χ1n) is 7.39. The molecule has 23 heavy (non-hydrogen) atoms. The van der Waals surface area contributed by atoms with Crippen LogP contribution in [-0.2, 0) is 14.3 Å². The van der Waals surface area contributed by atoms with Gasteiger partial charge in [-0.3, -0.25) is 9.59 Å². The molecule has 0 aliphatic rings. The minimum atomic E-state index is -0.483. The van der Waals surface area contributed by atoms with Crippen molar-refractivity contribution in [3.63, 3.8) is 0 Å². The maximum atomic E-state index is 11.6. The number of halogens is 2. The second-order valence-corrected chi connectivity index (χ2v) is 7.55. The Hall–Kier alpha value is -1.07. The van der Waals surface area contributed by atoms with E-state index in [0.717, 1.165) is 5.56 Å². The molecule has 0 amide bonds. The summed E-state index contributed by atoms with van der Waals surface area (Å²) in [6, 6.07) is 5.13. The molecule has 128 valence electrons. The molecule has 1 atom stereocenters. The van der Waals surface area contributed by atoms with Crippen LogP contribution in [0.2, 0.25) is 5.02 Å². The van der Waals surface area contributed by atoms with Crippen molar-refractivity contribution in [2.45, 2.75) is 51.0 Å². The molecule has 0 saturated heterocycles. The average molecular weight is 406 g/mol. The first-order chi connectivity index (χ1) is 10.6. The zero-order valence-electron chi connectivity index (χ0n) is 13.8. The fourth-order valence-electron chi connectivity index (χ4n) is 1.85. The SMILES string of the molecule is CC(=O)C(Br)c1ccc(Cl)cc1OCCCC(=O)OC(C)(C)C. The number of Topliss-reactive ketones (excluding diaryl/α,β-unsaturated/α-hetero) is 1. The van der Waals surface area contributed by atoms with E-state index in [1.807, 2.05) is 20.8 Å². The first kappa shape index (κ1) is 20.0. The second-order valence-electron chi connectivity index (χ2n) is 6.19. The van der Waals surface area contributed by atoms with Crippen molar-refractivity contribution < 1.29 is 19.1 Å². The van der Waals surface area contributed by atoms with Gasteiger partial charge in [0.05, 0.1) is 6.61 Å². The first-order valence-corrected chi connectivity index (χ1v) is 8.68.